The molecular formula is C18H20N2O4. The van der Waals surface area contributed by atoms with Crippen LogP contribution in [0.2, 0.25) is 0 Å². The molecule has 126 valence electrons. The maximum absolute atomic E-state index is 12.8. The van der Waals surface area contributed by atoms with Gasteiger partial charge in [0.25, 0.3) is 11.5 Å². The summed E-state index contributed by atoms with van der Waals surface area (Å²) >= 11 is 0. The largest absolute Gasteiger partial charge is 0.481 e. The zero-order valence-electron chi connectivity index (χ0n) is 13.5. The number of benzene rings is 1. The van der Waals surface area contributed by atoms with Crippen molar-refractivity contribution >= 4 is 22.8 Å². The van der Waals surface area contributed by atoms with Crippen LogP contribution in [-0.4, -0.2) is 40.0 Å². The smallest absolute Gasteiger partial charge is 0.311 e. The second kappa shape index (κ2) is 6.11. The van der Waals surface area contributed by atoms with Gasteiger partial charge >= 0.3 is 5.97 Å². The first-order valence-corrected chi connectivity index (χ1v) is 8.11. The Bertz CT molecular complexity index is 857. The van der Waals surface area contributed by atoms with Gasteiger partial charge in [-0.15, -0.1) is 0 Å². The molecule has 1 aliphatic rings. The molecule has 1 saturated heterocycles. The minimum absolute atomic E-state index is 0.0611. The van der Waals surface area contributed by atoms with Gasteiger partial charge in [-0.25, -0.2) is 0 Å². The van der Waals surface area contributed by atoms with E-state index in [1.165, 1.54) is 4.90 Å². The first-order valence-electron chi connectivity index (χ1n) is 8.11. The van der Waals surface area contributed by atoms with Gasteiger partial charge < -0.3 is 15.0 Å². The highest BCUT2D eigenvalue weighted by molar-refractivity contribution is 5.97. The molecule has 1 fully saturated rings. The van der Waals surface area contributed by atoms with E-state index in [1.54, 1.807) is 12.1 Å². The van der Waals surface area contributed by atoms with Crippen molar-refractivity contribution in [2.45, 2.75) is 26.2 Å². The summed E-state index contributed by atoms with van der Waals surface area (Å²) in [5, 5.41) is 10.3. The van der Waals surface area contributed by atoms with Gasteiger partial charge in [-0.2, -0.15) is 0 Å². The molecule has 0 saturated carbocycles. The average Bonchev–Trinajstić information content (AvgIpc) is 2.60. The quantitative estimate of drug-likeness (QED) is 0.904. The number of rotatable bonds is 3. The number of H-pyrrole nitrogens is 1. The van der Waals surface area contributed by atoms with Crippen LogP contribution in [0.3, 0.4) is 0 Å². The molecular weight excluding hydrogens is 308 g/mol. The third-order valence-electron chi connectivity index (χ3n) is 4.98. The van der Waals surface area contributed by atoms with Crippen molar-refractivity contribution in [2.24, 2.45) is 5.41 Å². The standard InChI is InChI=1S/C18H20N2O4/c1-2-18(17(23)24)8-5-9-20(11-18)16(22)13-10-12-6-3-4-7-14(12)19-15(13)21/h3-4,6-7,10H,2,5,8-9,11H2,1H3,(H,19,21)(H,23,24). The number of piperidine rings is 1. The third kappa shape index (κ3) is 2.68. The molecule has 1 amide bonds. The van der Waals surface area contributed by atoms with Crippen molar-refractivity contribution in [3.63, 3.8) is 0 Å². The maximum Gasteiger partial charge on any atom is 0.311 e. The number of aromatic amines is 1. The van der Waals surface area contributed by atoms with Crippen LogP contribution in [-0.2, 0) is 4.79 Å². The number of para-hydroxylation sites is 1. The summed E-state index contributed by atoms with van der Waals surface area (Å²) in [7, 11) is 0. The number of amides is 1. The number of hydrogen-bond acceptors (Lipinski definition) is 3. The van der Waals surface area contributed by atoms with Crippen LogP contribution in [0.1, 0.15) is 36.5 Å². The Labute approximate surface area is 139 Å². The number of carbonyl (C=O) groups excluding carboxylic acids is 1. The molecule has 0 radical (unpaired) electrons. The third-order valence-corrected chi connectivity index (χ3v) is 4.98. The van der Waals surface area contributed by atoms with Gasteiger partial charge in [-0.1, -0.05) is 25.1 Å². The van der Waals surface area contributed by atoms with Gasteiger partial charge in [0, 0.05) is 18.6 Å². The fourth-order valence-electron chi connectivity index (χ4n) is 3.40. The molecule has 2 aromatic rings. The van der Waals surface area contributed by atoms with E-state index >= 15 is 0 Å². The highest BCUT2D eigenvalue weighted by Gasteiger charge is 2.42. The summed E-state index contributed by atoms with van der Waals surface area (Å²) in [4.78, 5) is 40.9. The van der Waals surface area contributed by atoms with Crippen LogP contribution < -0.4 is 5.56 Å². The Morgan fingerprint density at radius 2 is 2.08 bits per heavy atom. The molecule has 0 spiro atoms. The highest BCUT2D eigenvalue weighted by Crippen LogP contribution is 2.34. The molecule has 1 aromatic heterocycles. The van der Waals surface area contributed by atoms with Crippen LogP contribution in [0.5, 0.6) is 0 Å². The van der Waals surface area contributed by atoms with Gasteiger partial charge in [0.1, 0.15) is 5.56 Å². The Kier molecular flexibility index (Phi) is 4.13. The van der Waals surface area contributed by atoms with Crippen molar-refractivity contribution in [3.8, 4) is 0 Å². The summed E-state index contributed by atoms with van der Waals surface area (Å²) in [5.41, 5.74) is -0.629. The second-order valence-corrected chi connectivity index (χ2v) is 6.37. The molecule has 3 rings (SSSR count). The number of carboxylic acids is 1. The van der Waals surface area contributed by atoms with E-state index in [0.717, 1.165) is 5.39 Å². The van der Waals surface area contributed by atoms with Crippen molar-refractivity contribution in [1.29, 1.82) is 0 Å². The Morgan fingerprint density at radius 3 is 2.79 bits per heavy atom. The molecule has 6 heteroatoms. The highest BCUT2D eigenvalue weighted by atomic mass is 16.4. The Hall–Kier alpha value is -2.63. The van der Waals surface area contributed by atoms with Gasteiger partial charge in [0.2, 0.25) is 0 Å². The molecule has 1 atom stereocenters. The lowest BCUT2D eigenvalue weighted by molar-refractivity contribution is -0.152. The summed E-state index contributed by atoms with van der Waals surface area (Å²) < 4.78 is 0. The predicted molar refractivity (Wildman–Crippen MR) is 90.1 cm³/mol. The fourth-order valence-corrected chi connectivity index (χ4v) is 3.40. The SMILES string of the molecule is CCC1(C(=O)O)CCCN(C(=O)c2cc3ccccc3[nH]c2=O)C1. The van der Waals surface area contributed by atoms with Crippen molar-refractivity contribution < 1.29 is 14.7 Å². The molecule has 1 aliphatic heterocycles. The number of aliphatic carboxylic acids is 1. The first kappa shape index (κ1) is 16.2. The van der Waals surface area contributed by atoms with E-state index in [1.807, 2.05) is 25.1 Å². The van der Waals surface area contributed by atoms with Crippen molar-refractivity contribution in [2.75, 3.05) is 13.1 Å². The van der Waals surface area contributed by atoms with Gasteiger partial charge in [-0.3, -0.25) is 14.4 Å². The number of likely N-dealkylation sites (tertiary alicyclic amines) is 1. The van der Waals surface area contributed by atoms with E-state index in [0.29, 0.717) is 31.3 Å². The fraction of sp³-hybridized carbons (Fsp3) is 0.389. The summed E-state index contributed by atoms with van der Waals surface area (Å²) in [5.74, 6) is -1.28. The van der Waals surface area contributed by atoms with Crippen LogP contribution >= 0.6 is 0 Å². The molecule has 0 aliphatic carbocycles. The number of nitrogens with zero attached hydrogens (tertiary/aromatic N) is 1. The van der Waals surface area contributed by atoms with E-state index in [9.17, 15) is 19.5 Å². The maximum atomic E-state index is 12.8. The lowest BCUT2D eigenvalue weighted by atomic mass is 9.77. The summed E-state index contributed by atoms with van der Waals surface area (Å²) in [6.07, 6.45) is 1.63. The Morgan fingerprint density at radius 1 is 1.33 bits per heavy atom. The average molecular weight is 328 g/mol. The normalized spacial score (nSPS) is 21.0. The minimum Gasteiger partial charge on any atom is -0.481 e. The number of aromatic nitrogens is 1. The molecule has 24 heavy (non-hydrogen) atoms. The van der Waals surface area contributed by atoms with Crippen molar-refractivity contribution in [3.05, 3.63) is 46.2 Å². The number of carboxylic acid groups (broad SMARTS) is 1. The molecule has 2 N–H and O–H groups in total. The number of hydrogen-bond donors (Lipinski definition) is 2. The number of fused-ring (bicyclic) bond motifs is 1. The predicted octanol–water partition coefficient (Wildman–Crippen LogP) is 2.25. The zero-order valence-corrected chi connectivity index (χ0v) is 13.5. The summed E-state index contributed by atoms with van der Waals surface area (Å²) in [6, 6.07) is 8.83. The van der Waals surface area contributed by atoms with Crippen LogP contribution in [0, 0.1) is 5.41 Å². The van der Waals surface area contributed by atoms with Gasteiger partial charge in [0.15, 0.2) is 0 Å². The summed E-state index contributed by atoms with van der Waals surface area (Å²) in [6.45, 7) is 2.44. The zero-order chi connectivity index (χ0) is 17.3. The minimum atomic E-state index is -0.919. The molecule has 0 bridgehead atoms. The van der Waals surface area contributed by atoms with Gasteiger partial charge in [-0.05, 0) is 36.8 Å². The van der Waals surface area contributed by atoms with Crippen LogP contribution in [0.25, 0.3) is 10.9 Å². The molecule has 1 aromatic carbocycles. The number of carbonyl (C=O) groups is 2. The van der Waals surface area contributed by atoms with E-state index in [2.05, 4.69) is 4.98 Å². The molecule has 2 heterocycles. The van der Waals surface area contributed by atoms with E-state index < -0.39 is 22.9 Å². The topological polar surface area (TPSA) is 90.5 Å². The molecule has 1 unspecified atom stereocenters. The number of nitrogens with one attached hydrogen (secondary N) is 1. The second-order valence-electron chi connectivity index (χ2n) is 6.37. The Balaban J connectivity index is 1.95. The van der Waals surface area contributed by atoms with Crippen LogP contribution in [0.4, 0.5) is 0 Å². The molecule has 6 nitrogen and oxygen atoms in total. The van der Waals surface area contributed by atoms with Crippen LogP contribution in [0.15, 0.2) is 35.1 Å². The van der Waals surface area contributed by atoms with Crippen molar-refractivity contribution in [1.82, 2.24) is 9.88 Å². The lowest BCUT2D eigenvalue weighted by Crippen LogP contribution is -2.50. The van der Waals surface area contributed by atoms with Gasteiger partial charge in [0.05, 0.1) is 5.41 Å². The lowest BCUT2D eigenvalue weighted by Gasteiger charge is -2.39. The number of pyridine rings is 1. The monoisotopic (exact) mass is 328 g/mol. The van der Waals surface area contributed by atoms with E-state index in [-0.39, 0.29) is 12.1 Å². The first-order chi connectivity index (χ1) is 11.5. The van der Waals surface area contributed by atoms with E-state index in [4.69, 9.17) is 0 Å².